The normalized spacial score (nSPS) is 18.3. The van der Waals surface area contributed by atoms with Gasteiger partial charge in [-0.25, -0.2) is 5.01 Å². The third-order valence-corrected chi connectivity index (χ3v) is 7.01. The fraction of sp³-hybridized carbons (Fsp3) is 0.423. The van der Waals surface area contributed by atoms with E-state index >= 15 is 0 Å². The molecule has 0 N–H and O–H groups in total. The lowest BCUT2D eigenvalue weighted by Crippen LogP contribution is -2.40. The molecular formula is C26H32N4O2S. The van der Waals surface area contributed by atoms with Crippen LogP contribution in [0, 0.1) is 0 Å². The Bertz CT molecular complexity index is 1120. The van der Waals surface area contributed by atoms with Gasteiger partial charge in [0.1, 0.15) is 11.6 Å². The van der Waals surface area contributed by atoms with E-state index in [1.165, 1.54) is 28.0 Å². The van der Waals surface area contributed by atoms with Crippen LogP contribution in [-0.2, 0) is 6.42 Å². The first-order chi connectivity index (χ1) is 15.7. The number of hydrazone groups is 1. The maximum Gasteiger partial charge on any atom is 0.302 e. The monoisotopic (exact) mass is 464 g/mol. The highest BCUT2D eigenvalue weighted by Crippen LogP contribution is 2.37. The van der Waals surface area contributed by atoms with Crippen molar-refractivity contribution in [2.75, 3.05) is 25.6 Å². The highest BCUT2D eigenvalue weighted by atomic mass is 32.2. The van der Waals surface area contributed by atoms with Crippen LogP contribution in [0.1, 0.15) is 50.8 Å². The van der Waals surface area contributed by atoms with E-state index in [-0.39, 0.29) is 16.0 Å². The van der Waals surface area contributed by atoms with Crippen molar-refractivity contribution < 1.29 is 9.53 Å². The zero-order valence-corrected chi connectivity index (χ0v) is 21.1. The van der Waals surface area contributed by atoms with Gasteiger partial charge in [-0.2, -0.15) is 5.10 Å². The standard InChI is InChI=1S/C26H32N4O2S/c1-17(2)27-24(20-9-7-11-21(16-20)32-6)30-14-8-10-18-15-19(12-13-22(18)30)23-26(3,4)33-25(31)29(5)28-23/h7,9,11-13,15-17H,8,10,14H2,1-6H3/b27-24-. The molecule has 2 aromatic rings. The second-order valence-corrected chi connectivity index (χ2v) is 10.8. The zero-order chi connectivity index (χ0) is 23.8. The van der Waals surface area contributed by atoms with Gasteiger partial charge < -0.3 is 9.64 Å². The highest BCUT2D eigenvalue weighted by Gasteiger charge is 2.37. The number of anilines is 1. The quantitative estimate of drug-likeness (QED) is 0.438. The number of aliphatic imine (C=N–C) groups is 1. The molecule has 2 heterocycles. The predicted molar refractivity (Wildman–Crippen MR) is 138 cm³/mol. The third-order valence-electron chi connectivity index (χ3n) is 5.86. The molecule has 6 nitrogen and oxygen atoms in total. The van der Waals surface area contributed by atoms with E-state index in [0.29, 0.717) is 0 Å². The van der Waals surface area contributed by atoms with Gasteiger partial charge in [0, 0.05) is 30.9 Å². The molecule has 0 fully saturated rings. The molecule has 0 bridgehead atoms. The first-order valence-corrected chi connectivity index (χ1v) is 12.2. The van der Waals surface area contributed by atoms with Gasteiger partial charge in [0.2, 0.25) is 0 Å². The molecule has 2 aliphatic heterocycles. The number of carbonyl (C=O) groups is 1. The van der Waals surface area contributed by atoms with Crippen molar-refractivity contribution in [3.05, 3.63) is 59.2 Å². The largest absolute Gasteiger partial charge is 0.497 e. The minimum atomic E-state index is -0.378. The maximum atomic E-state index is 12.2. The van der Waals surface area contributed by atoms with Crippen molar-refractivity contribution in [1.82, 2.24) is 5.01 Å². The summed E-state index contributed by atoms with van der Waals surface area (Å²) in [6.07, 6.45) is 2.04. The average Bonchev–Trinajstić information content (AvgIpc) is 2.79. The summed E-state index contributed by atoms with van der Waals surface area (Å²) in [5.41, 5.74) is 5.50. The van der Waals surface area contributed by atoms with Crippen molar-refractivity contribution in [3.63, 3.8) is 0 Å². The van der Waals surface area contributed by atoms with E-state index in [0.717, 1.165) is 47.8 Å². The number of hydrogen-bond acceptors (Lipinski definition) is 5. The summed E-state index contributed by atoms with van der Waals surface area (Å²) >= 11 is 1.32. The van der Waals surface area contributed by atoms with Gasteiger partial charge in [0.25, 0.3) is 0 Å². The van der Waals surface area contributed by atoms with E-state index in [1.54, 1.807) is 14.2 Å². The third kappa shape index (κ3) is 4.78. The van der Waals surface area contributed by atoms with Gasteiger partial charge in [-0.05, 0) is 75.9 Å². The Hall–Kier alpha value is -2.80. The van der Waals surface area contributed by atoms with Gasteiger partial charge in [-0.15, -0.1) is 0 Å². The van der Waals surface area contributed by atoms with Crippen molar-refractivity contribution in [3.8, 4) is 5.75 Å². The number of rotatable bonds is 4. The average molecular weight is 465 g/mol. The van der Waals surface area contributed by atoms with Crippen LogP contribution in [0.3, 0.4) is 0 Å². The van der Waals surface area contributed by atoms with Crippen LogP contribution in [0.25, 0.3) is 0 Å². The first-order valence-electron chi connectivity index (χ1n) is 11.4. The summed E-state index contributed by atoms with van der Waals surface area (Å²) in [5.74, 6) is 1.79. The molecule has 1 amide bonds. The van der Waals surface area contributed by atoms with Crippen molar-refractivity contribution in [1.29, 1.82) is 0 Å². The fourth-order valence-corrected chi connectivity index (χ4v) is 5.19. The Kier molecular flexibility index (Phi) is 6.52. The number of thioether (sulfide) groups is 1. The number of benzene rings is 2. The van der Waals surface area contributed by atoms with Gasteiger partial charge in [0.15, 0.2) is 0 Å². The molecule has 4 rings (SSSR count). The summed E-state index contributed by atoms with van der Waals surface area (Å²) in [6, 6.07) is 14.8. The number of amides is 1. The van der Waals surface area contributed by atoms with Crippen LogP contribution < -0.4 is 9.64 Å². The molecule has 33 heavy (non-hydrogen) atoms. The molecule has 0 aliphatic carbocycles. The van der Waals surface area contributed by atoms with Crippen LogP contribution in [0.5, 0.6) is 5.75 Å². The Morgan fingerprint density at radius 2 is 2.00 bits per heavy atom. The van der Waals surface area contributed by atoms with Crippen LogP contribution in [0.4, 0.5) is 10.5 Å². The van der Waals surface area contributed by atoms with Crippen LogP contribution in [0.2, 0.25) is 0 Å². The van der Waals surface area contributed by atoms with Gasteiger partial charge >= 0.3 is 5.24 Å². The van der Waals surface area contributed by atoms with Crippen LogP contribution in [-0.4, -0.2) is 53.3 Å². The van der Waals surface area contributed by atoms with Gasteiger partial charge in [-0.3, -0.25) is 9.79 Å². The summed E-state index contributed by atoms with van der Waals surface area (Å²) in [4.78, 5) is 19.5. The number of aryl methyl sites for hydroxylation is 1. The molecule has 0 radical (unpaired) electrons. The molecule has 2 aromatic carbocycles. The van der Waals surface area contributed by atoms with E-state index in [9.17, 15) is 4.79 Å². The summed E-state index contributed by atoms with van der Waals surface area (Å²) in [5, 5.41) is 6.03. The number of fused-ring (bicyclic) bond motifs is 1. The van der Waals surface area contributed by atoms with Crippen molar-refractivity contribution in [2.45, 2.75) is 51.3 Å². The molecule has 0 saturated heterocycles. The highest BCUT2D eigenvalue weighted by molar-refractivity contribution is 8.15. The number of methoxy groups -OCH3 is 1. The zero-order valence-electron chi connectivity index (χ0n) is 20.3. The summed E-state index contributed by atoms with van der Waals surface area (Å²) < 4.78 is 5.09. The van der Waals surface area contributed by atoms with Gasteiger partial charge in [0.05, 0.1) is 17.6 Å². The molecule has 0 spiro atoms. The van der Waals surface area contributed by atoms with Crippen molar-refractivity contribution >= 4 is 34.2 Å². The van der Waals surface area contributed by atoms with Crippen LogP contribution in [0.15, 0.2) is 52.6 Å². The smallest absolute Gasteiger partial charge is 0.302 e. The first kappa shape index (κ1) is 23.4. The van der Waals surface area contributed by atoms with E-state index in [2.05, 4.69) is 62.0 Å². The Morgan fingerprint density at radius 1 is 1.21 bits per heavy atom. The molecule has 0 unspecified atom stereocenters. The van der Waals surface area contributed by atoms with Crippen molar-refractivity contribution in [2.24, 2.45) is 10.1 Å². The molecule has 0 atom stereocenters. The number of nitrogens with zero attached hydrogens (tertiary/aromatic N) is 4. The number of ether oxygens (including phenoxy) is 1. The fourth-order valence-electron chi connectivity index (χ4n) is 4.32. The molecule has 7 heteroatoms. The maximum absolute atomic E-state index is 12.2. The molecule has 0 saturated carbocycles. The topological polar surface area (TPSA) is 57.5 Å². The Morgan fingerprint density at radius 3 is 2.73 bits per heavy atom. The van der Waals surface area contributed by atoms with E-state index < -0.39 is 0 Å². The Balaban J connectivity index is 1.76. The summed E-state index contributed by atoms with van der Waals surface area (Å²) in [7, 11) is 3.41. The number of amidine groups is 1. The number of carbonyl (C=O) groups excluding carboxylic acids is 1. The minimum Gasteiger partial charge on any atom is -0.497 e. The SMILES string of the molecule is COc1cccc(/C(=N/C(C)C)N2CCCc3cc(C4=NN(C)C(=O)SC4(C)C)ccc32)c1. The second kappa shape index (κ2) is 9.21. The molecule has 2 aliphatic rings. The molecule has 174 valence electrons. The molecule has 0 aromatic heterocycles. The second-order valence-electron chi connectivity index (χ2n) is 9.23. The van der Waals surface area contributed by atoms with Gasteiger partial charge in [-0.1, -0.05) is 30.0 Å². The van der Waals surface area contributed by atoms with Crippen LogP contribution >= 0.6 is 11.8 Å². The lowest BCUT2D eigenvalue weighted by atomic mass is 9.93. The number of hydrogen-bond donors (Lipinski definition) is 0. The Labute approximate surface area is 200 Å². The lowest BCUT2D eigenvalue weighted by Gasteiger charge is -2.35. The minimum absolute atomic E-state index is 0.0271. The molecular weight excluding hydrogens is 432 g/mol. The lowest BCUT2D eigenvalue weighted by molar-refractivity contribution is 0.234. The summed E-state index contributed by atoms with van der Waals surface area (Å²) in [6.45, 7) is 9.24. The predicted octanol–water partition coefficient (Wildman–Crippen LogP) is 5.58. The van der Waals surface area contributed by atoms with E-state index in [4.69, 9.17) is 9.73 Å². The van der Waals surface area contributed by atoms with E-state index in [1.807, 2.05) is 18.2 Å².